The van der Waals surface area contributed by atoms with Crippen LogP contribution in [0.2, 0.25) is 0 Å². The maximum atomic E-state index is 5.36. The van der Waals surface area contributed by atoms with Crippen molar-refractivity contribution >= 4 is 65.2 Å². The van der Waals surface area contributed by atoms with Gasteiger partial charge in [-0.2, -0.15) is 0 Å². The van der Waals surface area contributed by atoms with E-state index in [9.17, 15) is 0 Å². The fourth-order valence-corrected chi connectivity index (χ4v) is 4.25. The van der Waals surface area contributed by atoms with E-state index in [1.807, 2.05) is 0 Å². The molecule has 0 unspecified atom stereocenters. The fraction of sp³-hybridized carbons (Fsp3) is 1.00. The summed E-state index contributed by atoms with van der Waals surface area (Å²) in [6.45, 7) is 2.84. The zero-order valence-corrected chi connectivity index (χ0v) is 14.9. The van der Waals surface area contributed by atoms with E-state index in [2.05, 4.69) is 68.9 Å². The van der Waals surface area contributed by atoms with E-state index in [1.165, 1.54) is 25.0 Å². The van der Waals surface area contributed by atoms with E-state index >= 15 is 0 Å². The van der Waals surface area contributed by atoms with Gasteiger partial charge in [0.2, 0.25) is 0 Å². The molecule has 0 aromatic heterocycles. The van der Waals surface area contributed by atoms with Crippen LogP contribution < -0.4 is 11.1 Å². The first-order valence-electron chi connectivity index (χ1n) is 4.37. The lowest BCUT2D eigenvalue weighted by Crippen LogP contribution is -2.23. The van der Waals surface area contributed by atoms with Gasteiger partial charge in [0.05, 0.1) is 0 Å². The zero-order valence-electron chi connectivity index (χ0n) is 7.57. The van der Waals surface area contributed by atoms with Crippen LogP contribution in [0.5, 0.6) is 0 Å². The van der Waals surface area contributed by atoms with E-state index in [1.54, 1.807) is 0 Å². The summed E-state index contributed by atoms with van der Waals surface area (Å²) in [5.41, 5.74) is 5.36. The molecule has 0 atom stereocenters. The maximum absolute atomic E-state index is 5.36. The Kier molecular flexibility index (Phi) is 11.5. The van der Waals surface area contributed by atoms with Crippen molar-refractivity contribution in [2.24, 2.45) is 5.73 Å². The topological polar surface area (TPSA) is 38.0 Å². The summed E-state index contributed by atoms with van der Waals surface area (Å²) in [4.78, 5) is 0. The third kappa shape index (κ3) is 14.5. The van der Waals surface area contributed by atoms with Crippen molar-refractivity contribution < 1.29 is 0 Å². The molecule has 0 spiro atoms. The molecule has 82 valence electrons. The summed E-state index contributed by atoms with van der Waals surface area (Å²) >= 11 is 7.73. The molecule has 0 amide bonds. The Morgan fingerprint density at radius 1 is 1.00 bits per heavy atom. The SMILES string of the molecule is NCCNCCCCCS(I)(I)I. The van der Waals surface area contributed by atoms with Gasteiger partial charge in [0, 0.05) is 18.8 Å². The van der Waals surface area contributed by atoms with Gasteiger partial charge < -0.3 is 11.1 Å². The molecule has 0 aliphatic rings. The third-order valence-corrected chi connectivity index (χ3v) is 6.27. The Hall–Kier alpha value is 2.46. The van der Waals surface area contributed by atoms with E-state index in [4.69, 9.17) is 5.73 Å². The Bertz CT molecular complexity index is 119. The molecule has 13 heavy (non-hydrogen) atoms. The molecule has 0 saturated carbocycles. The molecule has 0 radical (unpaired) electrons. The van der Waals surface area contributed by atoms with Crippen molar-refractivity contribution in [3.63, 3.8) is 0 Å². The van der Waals surface area contributed by atoms with Crippen LogP contribution in [-0.4, -0.2) is 25.4 Å². The minimum Gasteiger partial charge on any atom is -0.329 e. The normalized spacial score (nSPS) is 13.2. The van der Waals surface area contributed by atoms with Gasteiger partial charge in [-0.05, 0) is 83.0 Å². The molecule has 0 fully saturated rings. The lowest BCUT2D eigenvalue weighted by Gasteiger charge is -2.16. The van der Waals surface area contributed by atoms with Gasteiger partial charge in [-0.1, -0.05) is 7.96 Å². The predicted octanol–water partition coefficient (Wildman–Crippen LogP) is 3.56. The minimum atomic E-state index is -0.352. The average molecular weight is 542 g/mol. The maximum Gasteiger partial charge on any atom is 0.00745 e. The van der Waals surface area contributed by atoms with E-state index in [0.29, 0.717) is 0 Å². The first kappa shape index (κ1) is 15.5. The van der Waals surface area contributed by atoms with Crippen LogP contribution in [0.4, 0.5) is 0 Å². The molecule has 0 aliphatic heterocycles. The number of rotatable bonds is 8. The van der Waals surface area contributed by atoms with Crippen LogP contribution in [0.3, 0.4) is 0 Å². The summed E-state index contributed by atoms with van der Waals surface area (Å²) in [5, 5.41) is 3.31. The van der Waals surface area contributed by atoms with Gasteiger partial charge in [0.25, 0.3) is 0 Å². The van der Waals surface area contributed by atoms with Gasteiger partial charge in [-0.3, -0.25) is 0 Å². The highest BCUT2D eigenvalue weighted by Gasteiger charge is 2.09. The summed E-state index contributed by atoms with van der Waals surface area (Å²) < 4.78 is -0.352. The number of nitrogens with two attached hydrogens (primary N) is 1. The van der Waals surface area contributed by atoms with Crippen molar-refractivity contribution in [2.75, 3.05) is 25.4 Å². The number of hydrogen-bond acceptors (Lipinski definition) is 2. The minimum absolute atomic E-state index is 0.352. The predicted molar refractivity (Wildman–Crippen MR) is 90.3 cm³/mol. The van der Waals surface area contributed by atoms with Gasteiger partial charge in [-0.15, -0.1) is 0 Å². The number of hydrogen-bond donors (Lipinski definition) is 2. The molecular weight excluding hydrogens is 525 g/mol. The molecule has 0 heterocycles. The zero-order chi connectivity index (χ0) is 10.2. The van der Waals surface area contributed by atoms with Crippen LogP contribution in [0.25, 0.3) is 0 Å². The number of unbranched alkanes of at least 4 members (excludes halogenated alkanes) is 2. The molecule has 0 saturated heterocycles. The molecule has 6 heteroatoms. The van der Waals surface area contributed by atoms with Crippen molar-refractivity contribution in [2.45, 2.75) is 19.3 Å². The monoisotopic (exact) mass is 542 g/mol. The molecule has 3 N–H and O–H groups in total. The summed E-state index contributed by atoms with van der Waals surface area (Å²) in [5.74, 6) is 1.38. The third-order valence-electron chi connectivity index (χ3n) is 1.55. The Balaban J connectivity index is 3.00. The Labute approximate surface area is 119 Å². The first-order chi connectivity index (χ1) is 6.06. The highest BCUT2D eigenvalue weighted by atomic mass is 127. The molecule has 0 aliphatic carbocycles. The average Bonchev–Trinajstić information content (AvgIpc) is 2.01. The molecule has 0 aromatic carbocycles. The van der Waals surface area contributed by atoms with Crippen molar-refractivity contribution in [1.29, 1.82) is 0 Å². The van der Waals surface area contributed by atoms with Crippen LogP contribution in [0.1, 0.15) is 19.3 Å². The van der Waals surface area contributed by atoms with Gasteiger partial charge in [-0.25, -0.2) is 0 Å². The number of halogens is 3. The van der Waals surface area contributed by atoms with Crippen molar-refractivity contribution in [3.8, 4) is 0 Å². The van der Waals surface area contributed by atoms with Crippen molar-refractivity contribution in [3.05, 3.63) is 0 Å². The second-order valence-corrected chi connectivity index (χ2v) is 32.9. The number of nitrogens with one attached hydrogen (secondary N) is 1. The second-order valence-electron chi connectivity index (χ2n) is 2.81. The molecular formula is C7H17I3N2S. The van der Waals surface area contributed by atoms with E-state index in [0.717, 1.165) is 19.6 Å². The molecule has 0 aromatic rings. The molecule has 2 nitrogen and oxygen atoms in total. The fourth-order valence-electron chi connectivity index (χ4n) is 0.920. The second kappa shape index (κ2) is 9.67. The van der Waals surface area contributed by atoms with Crippen LogP contribution in [-0.2, 0) is 0 Å². The van der Waals surface area contributed by atoms with Gasteiger partial charge >= 0.3 is 0 Å². The summed E-state index contributed by atoms with van der Waals surface area (Å²) in [7, 11) is 0. The Morgan fingerprint density at radius 3 is 2.23 bits per heavy atom. The summed E-state index contributed by atoms with van der Waals surface area (Å²) in [6, 6.07) is 0. The highest BCUT2D eigenvalue weighted by Crippen LogP contribution is 2.71. The quantitative estimate of drug-likeness (QED) is 0.364. The van der Waals surface area contributed by atoms with Crippen molar-refractivity contribution in [1.82, 2.24) is 5.32 Å². The highest BCUT2D eigenvalue weighted by molar-refractivity contribution is 14.5. The standard InChI is InChI=1S/C7H17I3N2S/c8-13(9,10)7-3-1-2-5-12-6-4-11/h12H,1-7,11H2. The Morgan fingerprint density at radius 2 is 1.69 bits per heavy atom. The summed E-state index contributed by atoms with van der Waals surface area (Å²) in [6.07, 6.45) is 4.01. The lowest BCUT2D eigenvalue weighted by molar-refractivity contribution is 0.623. The molecule has 0 rings (SSSR count). The van der Waals surface area contributed by atoms with E-state index in [-0.39, 0.29) is 1.54 Å². The molecule has 0 bridgehead atoms. The van der Waals surface area contributed by atoms with Gasteiger partial charge in [0.1, 0.15) is 0 Å². The van der Waals surface area contributed by atoms with Crippen LogP contribution in [0, 0.1) is 0 Å². The van der Waals surface area contributed by atoms with Crippen LogP contribution >= 0.6 is 65.2 Å². The smallest absolute Gasteiger partial charge is 0.00745 e. The largest absolute Gasteiger partial charge is 0.329 e. The van der Waals surface area contributed by atoms with Gasteiger partial charge in [0.15, 0.2) is 0 Å². The first-order valence-corrected chi connectivity index (χ1v) is 13.8. The van der Waals surface area contributed by atoms with Crippen LogP contribution in [0.15, 0.2) is 0 Å². The van der Waals surface area contributed by atoms with E-state index < -0.39 is 0 Å². The lowest BCUT2D eigenvalue weighted by atomic mass is 10.2.